The Labute approximate surface area is 147 Å². The summed E-state index contributed by atoms with van der Waals surface area (Å²) in [5, 5.41) is 1.44. The van der Waals surface area contributed by atoms with Crippen molar-refractivity contribution in [1.29, 1.82) is 0 Å². The Hall–Kier alpha value is -2.30. The summed E-state index contributed by atoms with van der Waals surface area (Å²) < 4.78 is 10.5. The standard InChI is InChI=1S/C18H12Cl2O4/c1-2-10-7-17(21)24-16-9-12(4-6-13(10)16)23-18(22)14-5-3-11(19)8-15(14)20/h3-9H,2H2,1H3. The van der Waals surface area contributed by atoms with Gasteiger partial charge < -0.3 is 9.15 Å². The van der Waals surface area contributed by atoms with Gasteiger partial charge in [-0.15, -0.1) is 0 Å². The molecule has 0 bridgehead atoms. The largest absolute Gasteiger partial charge is 0.423 e. The van der Waals surface area contributed by atoms with Crippen molar-refractivity contribution in [3.63, 3.8) is 0 Å². The molecule has 0 saturated carbocycles. The van der Waals surface area contributed by atoms with Crippen LogP contribution in [-0.2, 0) is 6.42 Å². The first-order chi connectivity index (χ1) is 11.5. The van der Waals surface area contributed by atoms with Gasteiger partial charge in [-0.25, -0.2) is 9.59 Å². The number of aryl methyl sites for hydroxylation is 1. The minimum Gasteiger partial charge on any atom is -0.423 e. The van der Waals surface area contributed by atoms with Gasteiger partial charge in [0.15, 0.2) is 0 Å². The molecular formula is C18H12Cl2O4. The summed E-state index contributed by atoms with van der Waals surface area (Å²) in [6, 6.07) is 10.9. The summed E-state index contributed by atoms with van der Waals surface area (Å²) in [6.07, 6.45) is 0.696. The van der Waals surface area contributed by atoms with Crippen LogP contribution in [0.4, 0.5) is 0 Å². The molecule has 0 saturated heterocycles. The number of esters is 1. The summed E-state index contributed by atoms with van der Waals surface area (Å²) in [5.41, 5.74) is 1.00. The lowest BCUT2D eigenvalue weighted by Gasteiger charge is -2.08. The fraction of sp³-hybridized carbons (Fsp3) is 0.111. The van der Waals surface area contributed by atoms with E-state index in [1.54, 1.807) is 18.2 Å². The summed E-state index contributed by atoms with van der Waals surface area (Å²) >= 11 is 11.8. The summed E-state index contributed by atoms with van der Waals surface area (Å²) in [7, 11) is 0. The van der Waals surface area contributed by atoms with Gasteiger partial charge in [0.25, 0.3) is 0 Å². The average molecular weight is 363 g/mol. The van der Waals surface area contributed by atoms with Crippen LogP contribution in [0.3, 0.4) is 0 Å². The van der Waals surface area contributed by atoms with Crippen LogP contribution < -0.4 is 10.4 Å². The molecule has 0 aliphatic rings. The first-order valence-electron chi connectivity index (χ1n) is 7.22. The number of carbonyl (C=O) groups is 1. The van der Waals surface area contributed by atoms with Gasteiger partial charge in [-0.3, -0.25) is 0 Å². The molecule has 0 fully saturated rings. The van der Waals surface area contributed by atoms with Gasteiger partial charge in [0.2, 0.25) is 0 Å². The normalized spacial score (nSPS) is 10.8. The van der Waals surface area contributed by atoms with Crippen LogP contribution in [0, 0.1) is 0 Å². The number of benzene rings is 2. The molecule has 0 aliphatic heterocycles. The van der Waals surface area contributed by atoms with Crippen molar-refractivity contribution < 1.29 is 13.9 Å². The minimum absolute atomic E-state index is 0.199. The molecular weight excluding hydrogens is 351 g/mol. The van der Waals surface area contributed by atoms with E-state index < -0.39 is 11.6 Å². The van der Waals surface area contributed by atoms with Crippen LogP contribution >= 0.6 is 23.2 Å². The highest BCUT2D eigenvalue weighted by atomic mass is 35.5. The van der Waals surface area contributed by atoms with E-state index in [4.69, 9.17) is 32.4 Å². The predicted octanol–water partition coefficient (Wildman–Crippen LogP) is 4.88. The lowest BCUT2D eigenvalue weighted by molar-refractivity contribution is 0.0735. The van der Waals surface area contributed by atoms with Gasteiger partial charge >= 0.3 is 11.6 Å². The third-order valence-electron chi connectivity index (χ3n) is 3.54. The fourth-order valence-corrected chi connectivity index (χ4v) is 2.87. The highest BCUT2D eigenvalue weighted by molar-refractivity contribution is 6.36. The van der Waals surface area contributed by atoms with Crippen LogP contribution in [0.25, 0.3) is 11.0 Å². The van der Waals surface area contributed by atoms with Gasteiger partial charge in [0.1, 0.15) is 11.3 Å². The van der Waals surface area contributed by atoms with E-state index in [0.717, 1.165) is 10.9 Å². The van der Waals surface area contributed by atoms with Crippen molar-refractivity contribution in [1.82, 2.24) is 0 Å². The number of carbonyl (C=O) groups excluding carboxylic acids is 1. The van der Waals surface area contributed by atoms with Crippen molar-refractivity contribution >= 4 is 40.1 Å². The zero-order valence-corrected chi connectivity index (χ0v) is 14.1. The molecule has 0 amide bonds. The van der Waals surface area contributed by atoms with Crippen LogP contribution in [0.5, 0.6) is 5.75 Å². The zero-order valence-electron chi connectivity index (χ0n) is 12.6. The Morgan fingerprint density at radius 3 is 2.62 bits per heavy atom. The number of fused-ring (bicyclic) bond motifs is 1. The maximum absolute atomic E-state index is 12.2. The first-order valence-corrected chi connectivity index (χ1v) is 7.97. The van der Waals surface area contributed by atoms with E-state index >= 15 is 0 Å². The number of rotatable bonds is 3. The smallest absolute Gasteiger partial charge is 0.345 e. The molecule has 2 aromatic carbocycles. The highest BCUT2D eigenvalue weighted by Gasteiger charge is 2.14. The fourth-order valence-electron chi connectivity index (χ4n) is 2.38. The molecule has 6 heteroatoms. The maximum atomic E-state index is 12.2. The van der Waals surface area contributed by atoms with Gasteiger partial charge in [-0.05, 0) is 42.3 Å². The topological polar surface area (TPSA) is 56.5 Å². The molecule has 3 rings (SSSR count). The summed E-state index contributed by atoms with van der Waals surface area (Å²) in [4.78, 5) is 23.8. The maximum Gasteiger partial charge on any atom is 0.345 e. The van der Waals surface area contributed by atoms with Crippen LogP contribution in [0.15, 0.2) is 51.7 Å². The second kappa shape index (κ2) is 6.67. The quantitative estimate of drug-likeness (QED) is 0.378. The molecule has 0 spiro atoms. The highest BCUT2D eigenvalue weighted by Crippen LogP contribution is 2.26. The van der Waals surface area contributed by atoms with Crippen molar-refractivity contribution in [3.05, 3.63) is 74.1 Å². The lowest BCUT2D eigenvalue weighted by Crippen LogP contribution is -2.09. The van der Waals surface area contributed by atoms with Crippen LogP contribution in [-0.4, -0.2) is 5.97 Å². The molecule has 24 heavy (non-hydrogen) atoms. The first kappa shape index (κ1) is 16.6. The minimum atomic E-state index is -0.620. The molecule has 1 heterocycles. The van der Waals surface area contributed by atoms with E-state index in [-0.39, 0.29) is 16.3 Å². The monoisotopic (exact) mass is 362 g/mol. The van der Waals surface area contributed by atoms with Gasteiger partial charge in [-0.2, -0.15) is 0 Å². The molecule has 0 unspecified atom stereocenters. The second-order valence-electron chi connectivity index (χ2n) is 5.12. The van der Waals surface area contributed by atoms with Crippen LogP contribution in [0.1, 0.15) is 22.8 Å². The molecule has 4 nitrogen and oxygen atoms in total. The number of ether oxygens (including phenoxy) is 1. The van der Waals surface area contributed by atoms with Gasteiger partial charge in [-0.1, -0.05) is 30.1 Å². The Bertz CT molecular complexity index is 992. The predicted molar refractivity (Wildman–Crippen MR) is 93.3 cm³/mol. The Kier molecular flexibility index (Phi) is 4.60. The van der Waals surface area contributed by atoms with Crippen molar-refractivity contribution in [3.8, 4) is 5.75 Å². The Morgan fingerprint density at radius 2 is 1.92 bits per heavy atom. The van der Waals surface area contributed by atoms with E-state index in [2.05, 4.69) is 0 Å². The molecule has 0 radical (unpaired) electrons. The Balaban J connectivity index is 1.95. The average Bonchev–Trinajstić information content (AvgIpc) is 2.53. The lowest BCUT2D eigenvalue weighted by atomic mass is 10.1. The van der Waals surface area contributed by atoms with Gasteiger partial charge in [0.05, 0.1) is 10.6 Å². The Morgan fingerprint density at radius 1 is 1.12 bits per heavy atom. The summed E-state index contributed by atoms with van der Waals surface area (Å²) in [5.74, 6) is -0.361. The molecule has 0 aliphatic carbocycles. The van der Waals surface area contributed by atoms with E-state index in [1.807, 2.05) is 6.92 Å². The van der Waals surface area contributed by atoms with Crippen molar-refractivity contribution in [2.75, 3.05) is 0 Å². The number of halogens is 2. The number of hydrogen-bond donors (Lipinski definition) is 0. The van der Waals surface area contributed by atoms with E-state index in [0.29, 0.717) is 17.0 Å². The molecule has 1 aromatic heterocycles. The van der Waals surface area contributed by atoms with Crippen molar-refractivity contribution in [2.24, 2.45) is 0 Å². The van der Waals surface area contributed by atoms with Crippen molar-refractivity contribution in [2.45, 2.75) is 13.3 Å². The third-order valence-corrected chi connectivity index (χ3v) is 4.09. The molecule has 122 valence electrons. The third kappa shape index (κ3) is 3.30. The van der Waals surface area contributed by atoms with Crippen LogP contribution in [0.2, 0.25) is 10.0 Å². The molecule has 0 N–H and O–H groups in total. The van der Waals surface area contributed by atoms with Gasteiger partial charge in [0, 0.05) is 22.5 Å². The zero-order chi connectivity index (χ0) is 17.3. The summed E-state index contributed by atoms with van der Waals surface area (Å²) in [6.45, 7) is 1.95. The van der Waals surface area contributed by atoms with E-state index in [1.165, 1.54) is 24.3 Å². The number of hydrogen-bond acceptors (Lipinski definition) is 4. The SMILES string of the molecule is CCc1cc(=O)oc2cc(OC(=O)c3ccc(Cl)cc3Cl)ccc12. The second-order valence-corrected chi connectivity index (χ2v) is 5.96. The van der Waals surface area contributed by atoms with E-state index in [9.17, 15) is 9.59 Å². The molecule has 3 aromatic rings. The molecule has 0 atom stereocenters.